The molecule has 0 saturated carbocycles. The molecular weight excluding hydrogens is 239 g/mol. The first-order chi connectivity index (χ1) is 7.17. The summed E-state index contributed by atoms with van der Waals surface area (Å²) in [6.07, 6.45) is -7.61. The largest absolute Gasteiger partial charge is 0.492 e. The molecule has 1 aliphatic heterocycles. The van der Waals surface area contributed by atoms with Gasteiger partial charge >= 0.3 is 17.9 Å². The van der Waals surface area contributed by atoms with Crippen molar-refractivity contribution in [3.05, 3.63) is 12.8 Å². The second-order valence-corrected chi connectivity index (χ2v) is 3.19. The summed E-state index contributed by atoms with van der Waals surface area (Å²) in [6, 6.07) is 0. The van der Waals surface area contributed by atoms with Crippen LogP contribution in [-0.2, 0) is 9.47 Å². The van der Waals surface area contributed by atoms with Crippen molar-refractivity contribution in [3.63, 3.8) is 0 Å². The Morgan fingerprint density at radius 3 is 2.44 bits per heavy atom. The van der Waals surface area contributed by atoms with E-state index in [4.69, 9.17) is 5.11 Å². The average molecular weight is 248 g/mol. The molecule has 16 heavy (non-hydrogen) atoms. The summed E-state index contributed by atoms with van der Waals surface area (Å²) in [7, 11) is 0. The number of halogens is 5. The van der Waals surface area contributed by atoms with E-state index in [9.17, 15) is 22.0 Å². The molecule has 0 amide bonds. The minimum atomic E-state index is -5.61. The van der Waals surface area contributed by atoms with Gasteiger partial charge in [-0.25, -0.2) is 0 Å². The molecule has 1 rings (SSSR count). The predicted molar refractivity (Wildman–Crippen MR) is 41.6 cm³/mol. The van der Waals surface area contributed by atoms with Crippen LogP contribution in [0.15, 0.2) is 12.8 Å². The second-order valence-electron chi connectivity index (χ2n) is 3.19. The third kappa shape index (κ3) is 1.75. The van der Waals surface area contributed by atoms with Crippen LogP contribution in [0.2, 0.25) is 0 Å². The Kier molecular flexibility index (Phi) is 3.17. The lowest BCUT2D eigenvalue weighted by molar-refractivity contribution is -0.456. The minimum absolute atomic E-state index is 0.475. The van der Waals surface area contributed by atoms with E-state index in [-0.39, 0.29) is 0 Å². The summed E-state index contributed by atoms with van der Waals surface area (Å²) >= 11 is 0. The van der Waals surface area contributed by atoms with Crippen LogP contribution in [0.1, 0.15) is 6.42 Å². The maximum atomic E-state index is 13.3. The lowest BCUT2D eigenvalue weighted by Crippen LogP contribution is -2.68. The molecule has 0 aromatic heterocycles. The Labute approximate surface area is 87.4 Å². The highest BCUT2D eigenvalue weighted by molar-refractivity contribution is 5.00. The van der Waals surface area contributed by atoms with Crippen molar-refractivity contribution in [1.82, 2.24) is 0 Å². The van der Waals surface area contributed by atoms with Gasteiger partial charge in [0, 0.05) is 6.42 Å². The SMILES string of the molecule is C=COC1CCOC(O)(C(F)(F)F)C1(F)F. The van der Waals surface area contributed by atoms with Crippen LogP contribution >= 0.6 is 0 Å². The maximum Gasteiger partial charge on any atom is 0.449 e. The molecule has 1 fully saturated rings. The van der Waals surface area contributed by atoms with Crippen LogP contribution in [0.25, 0.3) is 0 Å². The lowest BCUT2D eigenvalue weighted by Gasteiger charge is -2.43. The number of alkyl halides is 5. The Bertz CT molecular complexity index is 277. The second kappa shape index (κ2) is 3.85. The third-order valence-corrected chi connectivity index (χ3v) is 2.19. The molecule has 0 aromatic rings. The van der Waals surface area contributed by atoms with Gasteiger partial charge in [-0.15, -0.1) is 0 Å². The smallest absolute Gasteiger partial charge is 0.449 e. The number of hydrogen-bond donors (Lipinski definition) is 1. The monoisotopic (exact) mass is 248 g/mol. The van der Waals surface area contributed by atoms with Crippen molar-refractivity contribution >= 4 is 0 Å². The fraction of sp³-hybridized carbons (Fsp3) is 0.750. The van der Waals surface area contributed by atoms with Crippen LogP contribution in [0.3, 0.4) is 0 Å². The first kappa shape index (κ1) is 13.2. The lowest BCUT2D eigenvalue weighted by atomic mass is 9.97. The zero-order valence-corrected chi connectivity index (χ0v) is 7.93. The van der Waals surface area contributed by atoms with Gasteiger partial charge in [-0.1, -0.05) is 6.58 Å². The highest BCUT2D eigenvalue weighted by Gasteiger charge is 2.75. The molecule has 2 unspecified atom stereocenters. The standard InChI is InChI=1S/C8H9F5O3/c1-2-15-5-3-4-16-7(14,6(5,9)10)8(11,12)13/h2,5,14H,1,3-4H2. The van der Waals surface area contributed by atoms with Gasteiger partial charge in [-0.3, -0.25) is 0 Å². The van der Waals surface area contributed by atoms with Crippen molar-refractivity contribution in [3.8, 4) is 0 Å². The molecule has 94 valence electrons. The molecule has 1 aliphatic rings. The molecule has 3 nitrogen and oxygen atoms in total. The Morgan fingerprint density at radius 1 is 1.44 bits per heavy atom. The Morgan fingerprint density at radius 2 is 2.00 bits per heavy atom. The number of rotatable bonds is 2. The highest BCUT2D eigenvalue weighted by Crippen LogP contribution is 2.48. The van der Waals surface area contributed by atoms with Gasteiger partial charge in [-0.05, 0) is 0 Å². The molecule has 1 heterocycles. The van der Waals surface area contributed by atoms with Gasteiger partial charge < -0.3 is 14.6 Å². The maximum absolute atomic E-state index is 13.3. The van der Waals surface area contributed by atoms with E-state index >= 15 is 0 Å². The number of aliphatic hydroxyl groups is 1. The first-order valence-corrected chi connectivity index (χ1v) is 4.24. The fourth-order valence-corrected chi connectivity index (χ4v) is 1.35. The van der Waals surface area contributed by atoms with Gasteiger partial charge in [0.05, 0.1) is 12.9 Å². The first-order valence-electron chi connectivity index (χ1n) is 4.24. The summed E-state index contributed by atoms with van der Waals surface area (Å²) in [6.45, 7) is 2.28. The van der Waals surface area contributed by atoms with Gasteiger partial charge in [0.1, 0.15) is 0 Å². The summed E-state index contributed by atoms with van der Waals surface area (Å²) in [5.41, 5.74) is 0. The van der Waals surface area contributed by atoms with Crippen LogP contribution in [-0.4, -0.2) is 35.7 Å². The van der Waals surface area contributed by atoms with E-state index in [0.29, 0.717) is 6.26 Å². The molecule has 0 bridgehead atoms. The van der Waals surface area contributed by atoms with Gasteiger partial charge in [0.15, 0.2) is 6.10 Å². The quantitative estimate of drug-likeness (QED) is 0.598. The van der Waals surface area contributed by atoms with Gasteiger partial charge in [0.2, 0.25) is 0 Å². The number of ether oxygens (including phenoxy) is 2. The Hall–Kier alpha value is -0.890. The van der Waals surface area contributed by atoms with Crippen molar-refractivity contribution in [2.75, 3.05) is 6.61 Å². The molecule has 0 spiro atoms. The summed E-state index contributed by atoms with van der Waals surface area (Å²) in [5, 5.41) is 8.92. The molecule has 2 atom stereocenters. The molecule has 0 aliphatic carbocycles. The summed E-state index contributed by atoms with van der Waals surface area (Å²) in [5.74, 6) is -9.12. The predicted octanol–water partition coefficient (Wildman–Crippen LogP) is 1.82. The molecule has 0 aromatic carbocycles. The summed E-state index contributed by atoms with van der Waals surface area (Å²) in [4.78, 5) is 0. The fourth-order valence-electron chi connectivity index (χ4n) is 1.35. The van der Waals surface area contributed by atoms with E-state index in [1.54, 1.807) is 0 Å². The summed E-state index contributed by atoms with van der Waals surface area (Å²) < 4.78 is 71.6. The topological polar surface area (TPSA) is 38.7 Å². The normalized spacial score (nSPS) is 34.5. The highest BCUT2D eigenvalue weighted by atomic mass is 19.4. The molecule has 0 radical (unpaired) electrons. The zero-order chi connectivity index (χ0) is 12.6. The molecule has 8 heteroatoms. The van der Waals surface area contributed by atoms with Crippen LogP contribution in [0.4, 0.5) is 22.0 Å². The minimum Gasteiger partial charge on any atom is -0.492 e. The van der Waals surface area contributed by atoms with Crippen molar-refractivity contribution < 1.29 is 36.5 Å². The molecular formula is C8H9F5O3. The van der Waals surface area contributed by atoms with Crippen molar-refractivity contribution in [1.29, 1.82) is 0 Å². The third-order valence-electron chi connectivity index (χ3n) is 2.19. The van der Waals surface area contributed by atoms with E-state index in [0.717, 1.165) is 0 Å². The van der Waals surface area contributed by atoms with E-state index in [1.807, 2.05) is 0 Å². The molecule has 1 N–H and O–H groups in total. The number of hydrogen-bond acceptors (Lipinski definition) is 3. The van der Waals surface area contributed by atoms with Crippen molar-refractivity contribution in [2.24, 2.45) is 0 Å². The van der Waals surface area contributed by atoms with Crippen LogP contribution in [0, 0.1) is 0 Å². The van der Waals surface area contributed by atoms with E-state index in [1.165, 1.54) is 0 Å². The van der Waals surface area contributed by atoms with Crippen LogP contribution < -0.4 is 0 Å². The van der Waals surface area contributed by atoms with E-state index < -0.39 is 37.0 Å². The Balaban J connectivity index is 3.07. The van der Waals surface area contributed by atoms with Gasteiger partial charge in [-0.2, -0.15) is 22.0 Å². The molecule has 1 saturated heterocycles. The van der Waals surface area contributed by atoms with Crippen LogP contribution in [0.5, 0.6) is 0 Å². The van der Waals surface area contributed by atoms with Crippen molar-refractivity contribution in [2.45, 2.75) is 30.4 Å². The average Bonchev–Trinajstić information content (AvgIpc) is 2.12. The zero-order valence-electron chi connectivity index (χ0n) is 7.93. The van der Waals surface area contributed by atoms with Gasteiger partial charge in [0.25, 0.3) is 0 Å². The van der Waals surface area contributed by atoms with E-state index in [2.05, 4.69) is 16.1 Å².